The van der Waals surface area contributed by atoms with Gasteiger partial charge in [-0.2, -0.15) is 0 Å². The number of amides is 2. The summed E-state index contributed by atoms with van der Waals surface area (Å²) in [6.07, 6.45) is 0.628. The lowest BCUT2D eigenvalue weighted by Gasteiger charge is -2.27. The van der Waals surface area contributed by atoms with Crippen molar-refractivity contribution in [1.82, 2.24) is 19.9 Å². The third-order valence-electron chi connectivity index (χ3n) is 3.63. The number of fused-ring (bicyclic) bond motifs is 1. The number of hydrogen-bond donors (Lipinski definition) is 1. The van der Waals surface area contributed by atoms with E-state index in [0.29, 0.717) is 17.5 Å². The number of rotatable bonds is 2. The van der Waals surface area contributed by atoms with Crippen LogP contribution >= 0.6 is 0 Å². The summed E-state index contributed by atoms with van der Waals surface area (Å²) in [5, 5.41) is 16.8. The van der Waals surface area contributed by atoms with E-state index in [4.69, 9.17) is 5.11 Å². The standard InChI is InChI=1S/C13H12N4O4/c1-16-11(18)5-4-10(12(16)19)17-9-3-2-7(13(20)21)6-8(9)14-15-17/h2-3,6,10H,4-5H2,1H3,(H,20,21). The molecule has 1 atom stereocenters. The van der Waals surface area contributed by atoms with Crippen LogP contribution in [0.2, 0.25) is 0 Å². The summed E-state index contributed by atoms with van der Waals surface area (Å²) < 4.78 is 1.45. The highest BCUT2D eigenvalue weighted by Crippen LogP contribution is 2.25. The summed E-state index contributed by atoms with van der Waals surface area (Å²) in [5.74, 6) is -1.60. The molecular weight excluding hydrogens is 276 g/mol. The molecule has 2 amide bonds. The summed E-state index contributed by atoms with van der Waals surface area (Å²) in [4.78, 5) is 35.7. The van der Waals surface area contributed by atoms with Crippen LogP contribution in [0.3, 0.4) is 0 Å². The second-order valence-electron chi connectivity index (χ2n) is 4.89. The second kappa shape index (κ2) is 4.65. The van der Waals surface area contributed by atoms with Crippen molar-refractivity contribution in [1.29, 1.82) is 0 Å². The fourth-order valence-electron chi connectivity index (χ4n) is 2.43. The molecule has 0 radical (unpaired) electrons. The van der Waals surface area contributed by atoms with Crippen molar-refractivity contribution in [3.63, 3.8) is 0 Å². The Morgan fingerprint density at radius 1 is 1.38 bits per heavy atom. The van der Waals surface area contributed by atoms with Gasteiger partial charge in [-0.3, -0.25) is 14.5 Å². The minimum atomic E-state index is -1.05. The number of carboxylic acids is 1. The molecule has 1 fully saturated rings. The Morgan fingerprint density at radius 3 is 2.86 bits per heavy atom. The third kappa shape index (κ3) is 2.04. The Morgan fingerprint density at radius 2 is 2.14 bits per heavy atom. The molecule has 0 bridgehead atoms. The van der Waals surface area contributed by atoms with Crippen LogP contribution in [0.25, 0.3) is 11.0 Å². The van der Waals surface area contributed by atoms with Gasteiger partial charge in [0.1, 0.15) is 11.6 Å². The van der Waals surface area contributed by atoms with Gasteiger partial charge in [0.05, 0.1) is 11.1 Å². The topological polar surface area (TPSA) is 105 Å². The number of imide groups is 1. The minimum Gasteiger partial charge on any atom is -0.478 e. The lowest BCUT2D eigenvalue weighted by atomic mass is 10.0. The fourth-order valence-corrected chi connectivity index (χ4v) is 2.43. The predicted molar refractivity (Wildman–Crippen MR) is 70.5 cm³/mol. The van der Waals surface area contributed by atoms with E-state index in [1.165, 1.54) is 23.9 Å². The molecule has 1 N–H and O–H groups in total. The van der Waals surface area contributed by atoms with E-state index >= 15 is 0 Å². The van der Waals surface area contributed by atoms with Gasteiger partial charge in [-0.1, -0.05) is 5.21 Å². The highest BCUT2D eigenvalue weighted by molar-refractivity contribution is 6.00. The molecule has 1 unspecified atom stereocenters. The van der Waals surface area contributed by atoms with Crippen molar-refractivity contribution in [2.45, 2.75) is 18.9 Å². The largest absolute Gasteiger partial charge is 0.478 e. The first-order chi connectivity index (χ1) is 9.99. The highest BCUT2D eigenvalue weighted by Gasteiger charge is 2.34. The molecule has 2 aromatic rings. The van der Waals surface area contributed by atoms with Crippen molar-refractivity contribution in [3.8, 4) is 0 Å². The number of benzene rings is 1. The van der Waals surface area contributed by atoms with Gasteiger partial charge < -0.3 is 5.11 Å². The first kappa shape index (κ1) is 13.2. The van der Waals surface area contributed by atoms with Gasteiger partial charge in [0.15, 0.2) is 0 Å². The maximum Gasteiger partial charge on any atom is 0.335 e. The van der Waals surface area contributed by atoms with Gasteiger partial charge in [-0.05, 0) is 24.6 Å². The molecule has 3 rings (SSSR count). The minimum absolute atomic E-state index is 0.108. The van der Waals surface area contributed by atoms with E-state index in [1.807, 2.05) is 0 Å². The first-order valence-corrected chi connectivity index (χ1v) is 6.37. The Kier molecular flexibility index (Phi) is 2.93. The van der Waals surface area contributed by atoms with Crippen molar-refractivity contribution >= 4 is 28.8 Å². The average Bonchev–Trinajstić information content (AvgIpc) is 2.88. The quantitative estimate of drug-likeness (QED) is 0.804. The number of nitrogens with zero attached hydrogens (tertiary/aromatic N) is 4. The molecule has 8 nitrogen and oxygen atoms in total. The molecule has 0 aliphatic carbocycles. The Balaban J connectivity index is 2.03. The summed E-state index contributed by atoms with van der Waals surface area (Å²) in [6, 6.07) is 3.83. The van der Waals surface area contributed by atoms with Crippen molar-refractivity contribution in [3.05, 3.63) is 23.8 Å². The lowest BCUT2D eigenvalue weighted by molar-refractivity contribution is -0.149. The van der Waals surface area contributed by atoms with Gasteiger partial charge in [-0.15, -0.1) is 5.10 Å². The Hall–Kier alpha value is -2.77. The number of hydrogen-bond acceptors (Lipinski definition) is 5. The number of piperidine rings is 1. The zero-order valence-electron chi connectivity index (χ0n) is 11.2. The first-order valence-electron chi connectivity index (χ1n) is 6.37. The number of likely N-dealkylation sites (N-methyl/N-ethyl adjacent to an activating group) is 1. The number of carbonyl (C=O) groups is 3. The molecule has 2 heterocycles. The molecule has 1 aliphatic rings. The molecule has 8 heteroatoms. The van der Waals surface area contributed by atoms with Crippen LogP contribution < -0.4 is 0 Å². The van der Waals surface area contributed by atoms with Gasteiger partial charge in [-0.25, -0.2) is 9.48 Å². The maximum atomic E-state index is 12.2. The second-order valence-corrected chi connectivity index (χ2v) is 4.89. The maximum absolute atomic E-state index is 12.2. The SMILES string of the molecule is CN1C(=O)CCC(n2nnc3cc(C(=O)O)ccc32)C1=O. The van der Waals surface area contributed by atoms with Gasteiger partial charge in [0.25, 0.3) is 5.91 Å². The summed E-state index contributed by atoms with van der Waals surface area (Å²) in [6.45, 7) is 0. The average molecular weight is 288 g/mol. The smallest absolute Gasteiger partial charge is 0.335 e. The molecule has 1 aromatic heterocycles. The van der Waals surface area contributed by atoms with Gasteiger partial charge in [0.2, 0.25) is 5.91 Å². The molecular formula is C13H12N4O4. The van der Waals surface area contributed by atoms with E-state index in [9.17, 15) is 14.4 Å². The van der Waals surface area contributed by atoms with Gasteiger partial charge in [0, 0.05) is 13.5 Å². The van der Waals surface area contributed by atoms with Gasteiger partial charge >= 0.3 is 5.97 Å². The highest BCUT2D eigenvalue weighted by atomic mass is 16.4. The Bertz CT molecular complexity index is 767. The van der Waals surface area contributed by atoms with Crippen LogP contribution in [0.15, 0.2) is 18.2 Å². The Labute approximate surface area is 118 Å². The van der Waals surface area contributed by atoms with Crippen LogP contribution in [-0.4, -0.2) is 49.8 Å². The predicted octanol–water partition coefficient (Wildman–Crippen LogP) is 0.449. The van der Waals surface area contributed by atoms with Crippen LogP contribution in [-0.2, 0) is 9.59 Å². The van der Waals surface area contributed by atoms with Crippen LogP contribution in [0, 0.1) is 0 Å². The number of aromatic nitrogens is 3. The van der Waals surface area contributed by atoms with Crippen LogP contribution in [0.4, 0.5) is 0 Å². The summed E-state index contributed by atoms with van der Waals surface area (Å²) in [5.41, 5.74) is 1.08. The van der Waals surface area contributed by atoms with Crippen LogP contribution in [0.5, 0.6) is 0 Å². The van der Waals surface area contributed by atoms with Crippen molar-refractivity contribution in [2.75, 3.05) is 7.05 Å². The number of carboxylic acid groups (broad SMARTS) is 1. The molecule has 21 heavy (non-hydrogen) atoms. The molecule has 1 aliphatic heterocycles. The summed E-state index contributed by atoms with van der Waals surface area (Å²) in [7, 11) is 1.44. The number of likely N-dealkylation sites (tertiary alicyclic amines) is 1. The van der Waals surface area contributed by atoms with E-state index in [0.717, 1.165) is 4.90 Å². The number of carbonyl (C=O) groups excluding carboxylic acids is 2. The molecule has 0 spiro atoms. The normalized spacial score (nSPS) is 19.3. The van der Waals surface area contributed by atoms with E-state index in [1.54, 1.807) is 6.07 Å². The van der Waals surface area contributed by atoms with E-state index in [2.05, 4.69) is 10.3 Å². The monoisotopic (exact) mass is 288 g/mol. The van der Waals surface area contributed by atoms with E-state index in [-0.39, 0.29) is 23.8 Å². The summed E-state index contributed by atoms with van der Waals surface area (Å²) >= 11 is 0. The zero-order valence-corrected chi connectivity index (χ0v) is 11.2. The molecule has 0 saturated carbocycles. The van der Waals surface area contributed by atoms with Crippen LogP contribution in [0.1, 0.15) is 29.2 Å². The molecule has 1 aromatic carbocycles. The lowest BCUT2D eigenvalue weighted by Crippen LogP contribution is -2.43. The van der Waals surface area contributed by atoms with E-state index < -0.39 is 12.0 Å². The molecule has 1 saturated heterocycles. The fraction of sp³-hybridized carbons (Fsp3) is 0.308. The zero-order chi connectivity index (χ0) is 15.1. The molecule has 108 valence electrons. The van der Waals surface area contributed by atoms with Crippen molar-refractivity contribution < 1.29 is 19.5 Å². The number of aromatic carboxylic acids is 1. The third-order valence-corrected chi connectivity index (χ3v) is 3.63. The van der Waals surface area contributed by atoms with Crippen molar-refractivity contribution in [2.24, 2.45) is 0 Å².